The molecule has 4 heteroatoms. The minimum Gasteiger partial charge on any atom is -0.326 e. The molecule has 0 saturated heterocycles. The second kappa shape index (κ2) is 5.27. The molecule has 0 aliphatic heterocycles. The maximum Gasteiger partial charge on any atom is 0.227 e. The van der Waals surface area contributed by atoms with E-state index in [1.54, 1.807) is 6.07 Å². The Morgan fingerprint density at radius 3 is 2.45 bits per heavy atom. The van der Waals surface area contributed by atoms with Crippen molar-refractivity contribution in [2.24, 2.45) is 17.8 Å². The predicted octanol–water partition coefficient (Wildman–Crippen LogP) is 3.02. The first kappa shape index (κ1) is 13.2. The van der Waals surface area contributed by atoms with E-state index in [1.807, 2.05) is 18.2 Å². The Bertz CT molecular complexity index is 541. The lowest BCUT2D eigenvalue weighted by Gasteiger charge is -2.20. The Morgan fingerprint density at radius 2 is 1.85 bits per heavy atom. The van der Waals surface area contributed by atoms with Gasteiger partial charge in [0.2, 0.25) is 11.8 Å². The summed E-state index contributed by atoms with van der Waals surface area (Å²) in [7, 11) is 0. The lowest BCUT2D eigenvalue weighted by atomic mass is 9.88. The number of nitrogens with one attached hydrogen (secondary N) is 2. The van der Waals surface area contributed by atoms with Crippen molar-refractivity contribution >= 4 is 23.2 Å². The molecule has 1 aromatic rings. The molecule has 1 aromatic carbocycles. The number of anilines is 2. The van der Waals surface area contributed by atoms with Crippen molar-refractivity contribution in [3.8, 4) is 0 Å². The molecule has 4 nitrogen and oxygen atoms in total. The molecule has 0 radical (unpaired) electrons. The molecule has 0 heterocycles. The second-order valence-corrected chi connectivity index (χ2v) is 6.03. The van der Waals surface area contributed by atoms with Gasteiger partial charge in [-0.3, -0.25) is 9.59 Å². The summed E-state index contributed by atoms with van der Waals surface area (Å²) in [6.45, 7) is 1.47. The van der Waals surface area contributed by atoms with Gasteiger partial charge in [0.1, 0.15) is 0 Å². The van der Waals surface area contributed by atoms with Crippen LogP contribution in [0.25, 0.3) is 0 Å². The van der Waals surface area contributed by atoms with E-state index in [9.17, 15) is 9.59 Å². The molecule has 2 aliphatic carbocycles. The van der Waals surface area contributed by atoms with Gasteiger partial charge in [0.05, 0.1) is 0 Å². The van der Waals surface area contributed by atoms with Gasteiger partial charge in [-0.2, -0.15) is 0 Å². The molecule has 20 heavy (non-hydrogen) atoms. The van der Waals surface area contributed by atoms with Crippen LogP contribution in [0.1, 0.15) is 32.6 Å². The number of amides is 2. The van der Waals surface area contributed by atoms with E-state index in [4.69, 9.17) is 0 Å². The third kappa shape index (κ3) is 2.69. The molecule has 2 aliphatic rings. The molecule has 106 valence electrons. The van der Waals surface area contributed by atoms with Crippen LogP contribution in [0.15, 0.2) is 24.3 Å². The fourth-order valence-electron chi connectivity index (χ4n) is 3.68. The van der Waals surface area contributed by atoms with E-state index in [-0.39, 0.29) is 17.7 Å². The summed E-state index contributed by atoms with van der Waals surface area (Å²) in [5.74, 6) is 1.55. The summed E-state index contributed by atoms with van der Waals surface area (Å²) in [5.41, 5.74) is 1.47. The Morgan fingerprint density at radius 1 is 1.10 bits per heavy atom. The lowest BCUT2D eigenvalue weighted by Crippen LogP contribution is -2.27. The van der Waals surface area contributed by atoms with Gasteiger partial charge in [-0.15, -0.1) is 0 Å². The summed E-state index contributed by atoms with van der Waals surface area (Å²) in [6, 6.07) is 7.30. The summed E-state index contributed by atoms with van der Waals surface area (Å²) in [5, 5.41) is 5.72. The van der Waals surface area contributed by atoms with E-state index in [2.05, 4.69) is 10.6 Å². The van der Waals surface area contributed by atoms with E-state index < -0.39 is 0 Å². The highest BCUT2D eigenvalue weighted by Gasteiger charge is 2.42. The van der Waals surface area contributed by atoms with Gasteiger partial charge in [-0.25, -0.2) is 0 Å². The van der Waals surface area contributed by atoms with Crippen molar-refractivity contribution < 1.29 is 9.59 Å². The summed E-state index contributed by atoms with van der Waals surface area (Å²) >= 11 is 0. The van der Waals surface area contributed by atoms with Crippen molar-refractivity contribution in [1.82, 2.24) is 0 Å². The van der Waals surface area contributed by atoms with Gasteiger partial charge in [0.25, 0.3) is 0 Å². The van der Waals surface area contributed by atoms with Gasteiger partial charge in [-0.1, -0.05) is 12.5 Å². The molecular formula is C16H20N2O2. The SMILES string of the molecule is CC(=O)Nc1cccc(NC(=O)[C@H]2C[C@H]3CC[C@H]2C3)c1. The summed E-state index contributed by atoms with van der Waals surface area (Å²) in [4.78, 5) is 23.4. The van der Waals surface area contributed by atoms with E-state index in [0.29, 0.717) is 11.6 Å². The fraction of sp³-hybridized carbons (Fsp3) is 0.500. The zero-order chi connectivity index (χ0) is 14.1. The molecule has 2 N–H and O–H groups in total. The molecule has 0 spiro atoms. The van der Waals surface area contributed by atoms with Crippen LogP contribution in [0.5, 0.6) is 0 Å². The monoisotopic (exact) mass is 272 g/mol. The first-order chi connectivity index (χ1) is 9.61. The third-order valence-corrected chi connectivity index (χ3v) is 4.53. The van der Waals surface area contributed by atoms with Gasteiger partial charge < -0.3 is 10.6 Å². The van der Waals surface area contributed by atoms with Crippen LogP contribution in [-0.4, -0.2) is 11.8 Å². The number of carbonyl (C=O) groups excluding carboxylic acids is 2. The first-order valence-corrected chi connectivity index (χ1v) is 7.30. The average molecular weight is 272 g/mol. The van der Waals surface area contributed by atoms with Gasteiger partial charge in [-0.05, 0) is 49.3 Å². The molecule has 3 atom stereocenters. The van der Waals surface area contributed by atoms with Crippen molar-refractivity contribution in [2.75, 3.05) is 10.6 Å². The number of benzene rings is 1. The number of hydrogen-bond acceptors (Lipinski definition) is 2. The highest BCUT2D eigenvalue weighted by Crippen LogP contribution is 2.48. The standard InChI is InChI=1S/C16H20N2O2/c1-10(19)17-13-3-2-4-14(9-13)18-16(20)15-8-11-5-6-12(15)7-11/h2-4,9,11-12,15H,5-8H2,1H3,(H,17,19)(H,18,20)/t11-,12-,15-/m0/s1. The van der Waals surface area contributed by atoms with E-state index in [1.165, 1.54) is 26.2 Å². The third-order valence-electron chi connectivity index (χ3n) is 4.53. The Balaban J connectivity index is 1.65. The van der Waals surface area contributed by atoms with Gasteiger partial charge >= 0.3 is 0 Å². The second-order valence-electron chi connectivity index (χ2n) is 6.03. The number of fused-ring (bicyclic) bond motifs is 2. The average Bonchev–Trinajstić information content (AvgIpc) is 3.00. The van der Waals surface area contributed by atoms with Crippen molar-refractivity contribution in [2.45, 2.75) is 32.6 Å². The van der Waals surface area contributed by atoms with Gasteiger partial charge in [0.15, 0.2) is 0 Å². The Kier molecular flexibility index (Phi) is 3.47. The smallest absolute Gasteiger partial charge is 0.227 e. The number of carbonyl (C=O) groups is 2. The van der Waals surface area contributed by atoms with Crippen LogP contribution in [0.2, 0.25) is 0 Å². The maximum absolute atomic E-state index is 12.3. The lowest BCUT2D eigenvalue weighted by molar-refractivity contribution is -0.121. The maximum atomic E-state index is 12.3. The van der Waals surface area contributed by atoms with Crippen molar-refractivity contribution in [3.05, 3.63) is 24.3 Å². The Hall–Kier alpha value is -1.84. The van der Waals surface area contributed by atoms with E-state index >= 15 is 0 Å². The zero-order valence-electron chi connectivity index (χ0n) is 11.7. The molecule has 2 fully saturated rings. The largest absolute Gasteiger partial charge is 0.326 e. The first-order valence-electron chi connectivity index (χ1n) is 7.30. The fourth-order valence-corrected chi connectivity index (χ4v) is 3.68. The summed E-state index contributed by atoms with van der Waals surface area (Å²) < 4.78 is 0. The molecule has 2 bridgehead atoms. The van der Waals surface area contributed by atoms with Crippen LogP contribution < -0.4 is 10.6 Å². The van der Waals surface area contributed by atoms with Crippen LogP contribution in [0, 0.1) is 17.8 Å². The minimum absolute atomic E-state index is 0.110. The quantitative estimate of drug-likeness (QED) is 0.888. The zero-order valence-corrected chi connectivity index (χ0v) is 11.7. The molecule has 0 unspecified atom stereocenters. The molecule has 3 rings (SSSR count). The van der Waals surface area contributed by atoms with Crippen molar-refractivity contribution in [1.29, 1.82) is 0 Å². The van der Waals surface area contributed by atoms with Crippen molar-refractivity contribution in [3.63, 3.8) is 0 Å². The summed E-state index contributed by atoms with van der Waals surface area (Å²) in [6.07, 6.45) is 4.77. The topological polar surface area (TPSA) is 58.2 Å². The molecule has 0 aromatic heterocycles. The highest BCUT2D eigenvalue weighted by molar-refractivity contribution is 5.94. The highest BCUT2D eigenvalue weighted by atomic mass is 16.2. The van der Waals surface area contributed by atoms with Crippen LogP contribution in [-0.2, 0) is 9.59 Å². The van der Waals surface area contributed by atoms with Crippen LogP contribution >= 0.6 is 0 Å². The molecule has 2 saturated carbocycles. The number of rotatable bonds is 3. The van der Waals surface area contributed by atoms with E-state index in [0.717, 1.165) is 18.0 Å². The van der Waals surface area contributed by atoms with Crippen LogP contribution in [0.3, 0.4) is 0 Å². The molecule has 2 amide bonds. The molecular weight excluding hydrogens is 252 g/mol. The normalized spacial score (nSPS) is 27.4. The predicted molar refractivity (Wildman–Crippen MR) is 78.3 cm³/mol. The van der Waals surface area contributed by atoms with Gasteiger partial charge in [0, 0.05) is 24.2 Å². The minimum atomic E-state index is -0.110. The van der Waals surface area contributed by atoms with Crippen LogP contribution in [0.4, 0.5) is 11.4 Å². The Labute approximate surface area is 118 Å². The number of hydrogen-bond donors (Lipinski definition) is 2.